The maximum atomic E-state index is 13.5. The van der Waals surface area contributed by atoms with Gasteiger partial charge in [0.2, 0.25) is 0 Å². The lowest BCUT2D eigenvalue weighted by Crippen LogP contribution is -2.37. The van der Waals surface area contributed by atoms with Crippen molar-refractivity contribution in [3.05, 3.63) is 87.9 Å². The number of anilines is 1. The number of aromatic nitrogens is 3. The summed E-state index contributed by atoms with van der Waals surface area (Å²) >= 11 is 0. The molecule has 0 spiro atoms. The number of fused-ring (bicyclic) bond motifs is 3. The molecule has 0 saturated carbocycles. The number of carbonyl (C=O) groups is 3. The molecule has 6 rings (SSSR count). The van der Waals surface area contributed by atoms with E-state index >= 15 is 0 Å². The molecule has 2 aromatic heterocycles. The van der Waals surface area contributed by atoms with Crippen LogP contribution in [0.1, 0.15) is 66.1 Å². The largest absolute Gasteiger partial charge is 0.483 e. The number of hydrogen-bond donors (Lipinski definition) is 5. The smallest absolute Gasteiger partial charge is 0.335 e. The van der Waals surface area contributed by atoms with E-state index in [1.54, 1.807) is 43.3 Å². The van der Waals surface area contributed by atoms with Crippen molar-refractivity contribution in [3.63, 3.8) is 0 Å². The van der Waals surface area contributed by atoms with Crippen LogP contribution >= 0.6 is 0 Å². The third-order valence-corrected chi connectivity index (χ3v) is 7.57. The number of carbonyl (C=O) groups excluding carboxylic acids is 2. The second-order valence-electron chi connectivity index (χ2n) is 10.0. The van der Waals surface area contributed by atoms with Gasteiger partial charge in [-0.1, -0.05) is 12.1 Å². The highest BCUT2D eigenvalue weighted by atomic mass is 16.5. The van der Waals surface area contributed by atoms with Crippen molar-refractivity contribution in [2.24, 2.45) is 0 Å². The molecule has 0 saturated heterocycles. The zero-order valence-electron chi connectivity index (χ0n) is 22.5. The summed E-state index contributed by atoms with van der Waals surface area (Å²) in [6.07, 6.45) is 3.79. The average Bonchev–Trinajstić information content (AvgIpc) is 3.62. The first-order chi connectivity index (χ1) is 20.2. The third kappa shape index (κ3) is 4.60. The molecule has 13 nitrogen and oxygen atoms in total. The summed E-state index contributed by atoms with van der Waals surface area (Å²) < 4.78 is 6.90. The van der Waals surface area contributed by atoms with Gasteiger partial charge in [0.25, 0.3) is 11.8 Å². The lowest BCUT2D eigenvalue weighted by molar-refractivity contribution is 0.0695. The lowest BCUT2D eigenvalue weighted by Gasteiger charge is -2.28. The van der Waals surface area contributed by atoms with Crippen molar-refractivity contribution in [3.8, 4) is 5.75 Å². The molecule has 2 aliphatic rings. The summed E-state index contributed by atoms with van der Waals surface area (Å²) in [4.78, 5) is 43.9. The first-order valence-corrected chi connectivity index (χ1v) is 13.2. The van der Waals surface area contributed by atoms with Gasteiger partial charge in [0.05, 0.1) is 29.8 Å². The van der Waals surface area contributed by atoms with Crippen LogP contribution in [0, 0.1) is 17.7 Å². The molecule has 212 valence electrons. The first-order valence-electron chi connectivity index (χ1n) is 13.2. The second kappa shape index (κ2) is 10.4. The number of nitrogens with one attached hydrogen (secondary N) is 4. The van der Waals surface area contributed by atoms with Gasteiger partial charge in [-0.3, -0.25) is 25.3 Å². The lowest BCUT2D eigenvalue weighted by atomic mass is 9.98. The van der Waals surface area contributed by atoms with E-state index in [9.17, 15) is 19.5 Å². The SMILES string of the molecule is Cc1c(C(=O)O)ccc2c1CC[C@@H]2NC(=O)c1cc(C(=O)NCc2ccc3c(c2)N(C=N)C(=N)CO3)nc2ccnn12. The van der Waals surface area contributed by atoms with E-state index in [-0.39, 0.29) is 42.0 Å². The molecule has 1 aliphatic heterocycles. The Morgan fingerprint density at radius 2 is 2.00 bits per heavy atom. The van der Waals surface area contributed by atoms with Gasteiger partial charge in [0.15, 0.2) is 5.65 Å². The average molecular weight is 567 g/mol. The maximum Gasteiger partial charge on any atom is 0.335 e. The van der Waals surface area contributed by atoms with E-state index in [1.807, 2.05) is 0 Å². The number of amides is 2. The minimum atomic E-state index is -0.985. The first kappa shape index (κ1) is 26.6. The number of ether oxygens (including phenoxy) is 1. The zero-order chi connectivity index (χ0) is 29.5. The second-order valence-corrected chi connectivity index (χ2v) is 10.0. The fraction of sp³-hybridized carbons (Fsp3) is 0.207. The molecule has 2 aromatic carbocycles. The number of benzene rings is 2. The summed E-state index contributed by atoms with van der Waals surface area (Å²) in [7, 11) is 0. The molecule has 3 heterocycles. The summed E-state index contributed by atoms with van der Waals surface area (Å²) in [5.41, 5.74) is 4.50. The van der Waals surface area contributed by atoms with Crippen LogP contribution in [0.5, 0.6) is 5.75 Å². The standard InChI is InChI=1S/C29H26N8O5/c1-15-17-5-6-20(19(17)4-3-18(15)29(40)41)35-28(39)23-11-21(34-26-8-9-33-37(23)26)27(38)32-12-16-2-7-24-22(10-16)36(14-30)25(31)13-42-24/h2-4,7-11,14,20,30-31H,5-6,12-13H2,1H3,(H,32,38)(H,35,39)(H,40,41)/t20-/m0/s1. The van der Waals surface area contributed by atoms with Crippen molar-refractivity contribution in [1.82, 2.24) is 25.2 Å². The van der Waals surface area contributed by atoms with Gasteiger partial charge in [-0.2, -0.15) is 5.10 Å². The van der Waals surface area contributed by atoms with Gasteiger partial charge in [0, 0.05) is 18.7 Å². The molecule has 0 bridgehead atoms. The molecule has 0 radical (unpaired) electrons. The molecule has 0 unspecified atom stereocenters. The van der Waals surface area contributed by atoms with E-state index in [4.69, 9.17) is 15.6 Å². The Balaban J connectivity index is 1.21. The Kier molecular flexibility index (Phi) is 6.61. The molecule has 4 aromatic rings. The molecule has 1 atom stereocenters. The molecule has 42 heavy (non-hydrogen) atoms. The predicted octanol–water partition coefficient (Wildman–Crippen LogP) is 2.87. The van der Waals surface area contributed by atoms with Crippen molar-refractivity contribution < 1.29 is 24.2 Å². The van der Waals surface area contributed by atoms with E-state index in [0.29, 0.717) is 35.5 Å². The Bertz CT molecular complexity index is 1810. The minimum Gasteiger partial charge on any atom is -0.483 e. The Morgan fingerprint density at radius 3 is 2.79 bits per heavy atom. The number of rotatable bonds is 7. The highest BCUT2D eigenvalue weighted by molar-refractivity contribution is 6.12. The molecule has 2 amide bonds. The summed E-state index contributed by atoms with van der Waals surface area (Å²) in [5, 5.41) is 35.1. The maximum absolute atomic E-state index is 13.5. The van der Waals surface area contributed by atoms with Crippen molar-refractivity contribution in [1.29, 1.82) is 10.8 Å². The van der Waals surface area contributed by atoms with Crippen LogP contribution in [-0.4, -0.2) is 56.3 Å². The molecule has 5 N–H and O–H groups in total. The summed E-state index contributed by atoms with van der Waals surface area (Å²) in [6.45, 7) is 1.98. The van der Waals surface area contributed by atoms with Crippen LogP contribution in [0.4, 0.5) is 5.69 Å². The molecular weight excluding hydrogens is 540 g/mol. The Labute approximate surface area is 239 Å². The van der Waals surface area contributed by atoms with E-state index in [2.05, 4.69) is 20.7 Å². The van der Waals surface area contributed by atoms with Crippen molar-refractivity contribution in [2.75, 3.05) is 11.5 Å². The fourth-order valence-corrected chi connectivity index (χ4v) is 5.45. The van der Waals surface area contributed by atoms with E-state index in [1.165, 1.54) is 21.7 Å². The Hall–Kier alpha value is -5.59. The fourth-order valence-electron chi connectivity index (χ4n) is 5.45. The topological polar surface area (TPSA) is 186 Å². The van der Waals surface area contributed by atoms with Gasteiger partial charge in [-0.05, 0) is 60.2 Å². The van der Waals surface area contributed by atoms with Crippen molar-refractivity contribution >= 4 is 41.3 Å². The molecule has 1 aliphatic carbocycles. The highest BCUT2D eigenvalue weighted by Crippen LogP contribution is 2.35. The molecule has 13 heteroatoms. The van der Waals surface area contributed by atoms with E-state index in [0.717, 1.165) is 23.0 Å². The number of aromatic carboxylic acids is 1. The highest BCUT2D eigenvalue weighted by Gasteiger charge is 2.29. The van der Waals surface area contributed by atoms with Crippen molar-refractivity contribution in [2.45, 2.75) is 32.4 Å². The Morgan fingerprint density at radius 1 is 1.17 bits per heavy atom. The molecule has 0 fully saturated rings. The number of nitrogens with zero attached hydrogens (tertiary/aromatic N) is 4. The number of hydrogen-bond acceptors (Lipinski definition) is 8. The van der Waals surface area contributed by atoms with Crippen LogP contribution in [0.3, 0.4) is 0 Å². The van der Waals surface area contributed by atoms with Crippen LogP contribution in [0.2, 0.25) is 0 Å². The number of amidine groups is 1. The molecular formula is C29H26N8O5. The van der Waals surface area contributed by atoms with Gasteiger partial charge >= 0.3 is 5.97 Å². The zero-order valence-corrected chi connectivity index (χ0v) is 22.5. The monoisotopic (exact) mass is 566 g/mol. The normalized spacial score (nSPS) is 15.5. The van der Waals surface area contributed by atoms with Gasteiger partial charge in [-0.25, -0.2) is 14.3 Å². The van der Waals surface area contributed by atoms with Crippen LogP contribution in [-0.2, 0) is 13.0 Å². The predicted molar refractivity (Wildman–Crippen MR) is 152 cm³/mol. The summed E-state index contributed by atoms with van der Waals surface area (Å²) in [6, 6.07) is 11.2. The van der Waals surface area contributed by atoms with Crippen LogP contribution in [0.25, 0.3) is 5.65 Å². The van der Waals surface area contributed by atoms with Crippen LogP contribution in [0.15, 0.2) is 48.7 Å². The number of carboxylic acids is 1. The van der Waals surface area contributed by atoms with E-state index < -0.39 is 17.8 Å². The van der Waals surface area contributed by atoms with Gasteiger partial charge in [-0.15, -0.1) is 0 Å². The van der Waals surface area contributed by atoms with Gasteiger partial charge < -0.3 is 20.5 Å². The minimum absolute atomic E-state index is 0.0334. The summed E-state index contributed by atoms with van der Waals surface area (Å²) in [5.74, 6) is -1.26. The third-order valence-electron chi connectivity index (χ3n) is 7.57. The van der Waals surface area contributed by atoms with Crippen LogP contribution < -0.4 is 20.3 Å². The van der Waals surface area contributed by atoms with Gasteiger partial charge in [0.1, 0.15) is 29.6 Å². The number of carboxylic acid groups (broad SMARTS) is 1. The quantitative estimate of drug-likeness (QED) is 0.167.